The standard InChI is InChI=1S/C32H33FN4O8S2.C29H34FN7O4.C23H25FN8O2.C11H20N2O2.C6H8N2O2.19H2/c1-32(2,3)45-31(38)37(4)25-16-21(33)15-24-26-28(34-27(24)25)35-30(47(41,42)18-20-9-13-23(44-6)14-10-20)36-29(26)46(39,40)17-19-7-11-22(43-5)12-8-19;1-14-7-18-8-16(14)13-37(18)26-22-20-9-17(30)10-21(36(6)28(39)41-29(3,4)5)23(20)33-25(22)34-27(35-26)40-19-11-31-24(15(2)38)32-12-19;1-10(33)20-27-7-14(8-28-20)34-23-30-21-18(15-4-12(24)5-17(26-2)19(15)29-21)22(31-23)32-9-11-3-13(32)6-16(11)25;1-11(2,3)15-10(14)13-9-5-8-4-7(9)6-12-8;1-4(9)6-7-2-5(10)3-8-6;;;;;;;;;;;;;;;;;;;/h7-16H,17-18H2,1-6H3,(H,34,35,36);9-12,14-16,18,38H,7-8,13H2,1-6H3,(H,33,34,35);4-5,7-8,10-11,13,16,26,33H,3,6,9,25H2,1-2H3,(H,29,30,31);7-9,12H,4-6H2,1-3H3,(H,13,14);2-4,9-10H,1H3;19*1H/t;14-,15?,16-,18+;10?,11-,13-,16-;7-,8-,9-;;;;;;;;;;;;;;;;;;;;/m.111..................../s1/i;;;;;18*1+1D;1+1. The van der Waals surface area contributed by atoms with Gasteiger partial charge in [-0.1, -0.05) is 31.2 Å². The van der Waals surface area contributed by atoms with Crippen LogP contribution in [-0.2, 0) is 45.4 Å². The molecule has 12 atom stereocenters. The Balaban J connectivity index is -0.00000108. The zero-order valence-electron chi connectivity index (χ0n) is 120. The zero-order chi connectivity index (χ0) is 142. The first-order chi connectivity index (χ1) is 87.4. The lowest BCUT2D eigenvalue weighted by Gasteiger charge is -2.31. The van der Waals surface area contributed by atoms with E-state index in [-0.39, 0.29) is 76.6 Å². The first kappa shape index (κ1) is 83.8. The Kier molecular flexibility index (Phi) is 24.1. The lowest BCUT2D eigenvalue weighted by Crippen LogP contribution is -2.45. The van der Waals surface area contributed by atoms with E-state index >= 15 is 8.78 Å². The number of halogens is 3. The number of carbonyl (C=O) groups is 3. The highest BCUT2D eigenvalue weighted by atomic mass is 32.2. The van der Waals surface area contributed by atoms with Gasteiger partial charge in [0.2, 0.25) is 19.7 Å². The molecule has 46 heteroatoms. The van der Waals surface area contributed by atoms with Crippen molar-refractivity contribution in [3.05, 3.63) is 168 Å². The number of anilines is 5. The molecule has 3 saturated heterocycles. The van der Waals surface area contributed by atoms with E-state index in [1.807, 2.05) is 20.8 Å². The van der Waals surface area contributed by atoms with E-state index < -0.39 is 100 Å². The third-order valence-electron chi connectivity index (χ3n) is 25.9. The number of fused-ring (bicyclic) bond motifs is 15. The molecule has 20 rings (SSSR count). The van der Waals surface area contributed by atoms with E-state index in [9.17, 15) is 45.8 Å². The molecule has 6 fully saturated rings. The molecule has 0 radical (unpaired) electrons. The maximum atomic E-state index is 15.2. The summed E-state index contributed by atoms with van der Waals surface area (Å²) in [5.74, 6) is 3.36. The number of aliphatic hydroxyl groups excluding tert-OH is 3. The molecule has 12 N–H and O–H groups in total. The fourth-order valence-electron chi connectivity index (χ4n) is 19.0. The number of ether oxygens (including phenoxy) is 7. The SMILES string of the molecule is CC(C)(C)OC(=O)N[C@@H]1C[C@H]2C[C@@H]1CN2.CC(O)c1ncc(O)cn1.CC(O)c1ncc(Oc2nc(N3C[C@H]4C[C@@H]3C[C@H]4C)c3c(n2)[nH]c2c(N(C)C(=O)OC(C)(C)C)cc(F)cc23)cn1.CNc1cc(F)cc2c1[nH]c1nc(Oc3cnc(C(C)O)nc3)nc(N3C[C@H]4C[C@@H]3C[C@H]4N)c12.COc1ccc(CS(=O)(=O)c2nc(S(=O)(=O)Cc3ccc(OC)cc3)c3c(n2)[nH]c2c(N(C)C(=O)OC(C)(C)C)cc(F)cc23)cc1.[2HH].[2H][2H].[2H][2H].[2H][2H].[2H][2H].[2H][2H].[2H][2H].[2H][2H].[2H][2H].[2H][2H].[2H][2H].[2H][2H].[2H][2H].[2H][2H].[2H][2H].[2H][2H].[2H][2H].[2H][2H].[2H][2H]. The van der Waals surface area contributed by atoms with Crippen molar-refractivity contribution in [2.24, 2.45) is 29.4 Å². The number of aromatic hydroxyl groups is 1. The van der Waals surface area contributed by atoms with Crippen LogP contribution in [0.2, 0.25) is 0 Å². The molecule has 6 bridgehead atoms. The number of benzene rings is 5. The average Bonchev–Trinajstić information content (AvgIpc) is 1.59. The Labute approximate surface area is 902 Å². The maximum Gasteiger partial charge on any atom is 0.414 e. The van der Waals surface area contributed by atoms with E-state index in [1.54, 1.807) is 125 Å². The number of carbonyl (C=O) groups excluding carboxylic acids is 3. The van der Waals surface area contributed by atoms with Gasteiger partial charge in [-0.2, -0.15) is 19.9 Å². The summed E-state index contributed by atoms with van der Waals surface area (Å²) >= 11 is 0. The molecule has 147 heavy (non-hydrogen) atoms. The summed E-state index contributed by atoms with van der Waals surface area (Å²) in [6.45, 7) is 25.7. The van der Waals surface area contributed by atoms with Gasteiger partial charge < -0.3 is 100 Å². The number of aromatic nitrogens is 15. The number of sulfone groups is 2. The van der Waals surface area contributed by atoms with Crippen molar-refractivity contribution in [3.8, 4) is 40.8 Å². The fraction of sp³-hybridized carbons (Fsp3) is 0.436. The smallest absolute Gasteiger partial charge is 0.414 e. The molecule has 41 nitrogen and oxygen atoms in total. The topological polar surface area (TPSA) is 542 Å². The summed E-state index contributed by atoms with van der Waals surface area (Å²) in [4.78, 5) is 105. The van der Waals surface area contributed by atoms with Crippen LogP contribution in [0.1, 0.15) is 230 Å². The number of methoxy groups -OCH3 is 2. The van der Waals surface area contributed by atoms with Crippen LogP contribution in [0.3, 0.4) is 0 Å². The molecule has 9 aromatic heterocycles. The lowest BCUT2D eigenvalue weighted by molar-refractivity contribution is 0.0487. The van der Waals surface area contributed by atoms with Gasteiger partial charge in [-0.3, -0.25) is 9.80 Å². The summed E-state index contributed by atoms with van der Waals surface area (Å²) < 4.78 is 319. The number of amides is 3. The first-order valence-electron chi connectivity index (χ1n) is 65.9. The van der Waals surface area contributed by atoms with E-state index in [0.717, 1.165) is 79.7 Å². The van der Waals surface area contributed by atoms with Gasteiger partial charge >= 0.3 is 30.3 Å². The van der Waals surface area contributed by atoms with Crippen LogP contribution < -0.4 is 60.2 Å². The Morgan fingerprint density at radius 2 is 0.952 bits per heavy atom. The molecular formula is C101H158F3N23O18S2. The number of nitrogens with two attached hydrogens (primary N) is 1. The third kappa shape index (κ3) is 24.0. The van der Waals surface area contributed by atoms with Crippen molar-refractivity contribution in [1.29, 1.82) is 0 Å². The number of hydrogen-bond acceptors (Lipinski definition) is 35. The molecule has 818 valence electrons. The van der Waals surface area contributed by atoms with Crippen molar-refractivity contribution in [2.45, 2.75) is 216 Å². The number of nitrogens with one attached hydrogen (secondary N) is 6. The minimum absolute atomic E-state index is 0. The molecule has 12 heterocycles. The highest BCUT2D eigenvalue weighted by Gasteiger charge is 2.47. The highest BCUT2D eigenvalue weighted by molar-refractivity contribution is 7.91. The van der Waals surface area contributed by atoms with Crippen LogP contribution in [0, 0.1) is 41.1 Å². The Bertz CT molecular complexity index is 7600. The molecule has 5 aromatic carbocycles. The van der Waals surface area contributed by atoms with Crippen molar-refractivity contribution >= 4 is 132 Å². The number of aliphatic hydroxyl groups is 3. The summed E-state index contributed by atoms with van der Waals surface area (Å²) in [6, 6.07) is 22.3. The quantitative estimate of drug-likeness (QED) is 0.0181. The summed E-state index contributed by atoms with van der Waals surface area (Å²) in [6.07, 6.45) is 10.6. The highest BCUT2D eigenvalue weighted by Crippen LogP contribution is 2.50. The average molecular weight is 2140 g/mol. The normalized spacial score (nSPS) is 20.4. The molecule has 14 aromatic rings. The fourth-order valence-corrected chi connectivity index (χ4v) is 21.8. The van der Waals surface area contributed by atoms with Crippen molar-refractivity contribution in [1.82, 2.24) is 85.4 Å². The van der Waals surface area contributed by atoms with Gasteiger partial charge in [0.1, 0.15) is 92.6 Å². The predicted molar refractivity (Wildman–Crippen MR) is 583 cm³/mol. The largest absolute Gasteiger partial charge is 0.505 e. The monoisotopic (exact) mass is 2140 g/mol. The van der Waals surface area contributed by atoms with E-state index in [4.69, 9.17) is 113 Å². The second kappa shape index (κ2) is 42.3. The van der Waals surface area contributed by atoms with Gasteiger partial charge in [0.15, 0.2) is 39.7 Å². The maximum absolute atomic E-state index is 15.2. The number of alkyl carbamates (subject to hydrolysis) is 1. The molecule has 6 aliphatic rings. The van der Waals surface area contributed by atoms with Gasteiger partial charge in [0, 0.05) is 142 Å². The van der Waals surface area contributed by atoms with Gasteiger partial charge in [0.05, 0.1) is 113 Å². The number of aromatic amines is 3. The second-order valence-corrected chi connectivity index (χ2v) is 44.3. The van der Waals surface area contributed by atoms with Crippen LogP contribution in [0.25, 0.3) is 65.8 Å². The van der Waals surface area contributed by atoms with Gasteiger partial charge in [-0.15, -0.1) is 0 Å². The molecular weight excluding hydrogens is 1940 g/mol. The first-order valence-corrected chi connectivity index (χ1v) is 51.2. The van der Waals surface area contributed by atoms with Crippen molar-refractivity contribution in [2.75, 3.05) is 79.9 Å². The minimum Gasteiger partial charge on any atom is -0.505 e. The van der Waals surface area contributed by atoms with Crippen LogP contribution in [0.5, 0.6) is 40.8 Å². The van der Waals surface area contributed by atoms with E-state index in [2.05, 4.69) is 97.5 Å². The van der Waals surface area contributed by atoms with Crippen LogP contribution in [0.4, 0.5) is 56.3 Å². The minimum atomic E-state index is -4.39. The van der Waals surface area contributed by atoms with Gasteiger partial charge in [-0.05, 0) is 217 Å². The molecule has 3 saturated carbocycles. The van der Waals surface area contributed by atoms with Crippen molar-refractivity contribution in [3.63, 3.8) is 0 Å². The number of piperidine rings is 3. The summed E-state index contributed by atoms with van der Waals surface area (Å²) in [7, 11) is -1.09. The Hall–Kier alpha value is -14.3. The number of hydrogen-bond donors (Lipinski definition) is 11. The lowest BCUT2D eigenvalue weighted by atomic mass is 9.97. The van der Waals surface area contributed by atoms with Gasteiger partial charge in [-0.25, -0.2) is 84.3 Å². The van der Waals surface area contributed by atoms with Gasteiger partial charge in [0.25, 0.3) is 5.16 Å². The van der Waals surface area contributed by atoms with E-state index in [1.165, 1.54) is 94.0 Å². The summed E-state index contributed by atoms with van der Waals surface area (Å²) in [5, 5.41) is 47.6. The zero-order valence-corrected chi connectivity index (χ0v) is 86.1. The molecule has 3 unspecified atom stereocenters. The molecule has 3 amide bonds. The second-order valence-electron chi connectivity index (χ2n) is 40.5. The van der Waals surface area contributed by atoms with E-state index in [0.29, 0.717) is 144 Å². The molecule has 0 spiro atoms. The number of H-pyrrole nitrogens is 3. The molecule has 3 aliphatic carbocycles. The third-order valence-corrected chi connectivity index (χ3v) is 29.0. The van der Waals surface area contributed by atoms with Crippen LogP contribution >= 0.6 is 0 Å². The summed E-state index contributed by atoms with van der Waals surface area (Å²) in [5.41, 5.74) is 8.24. The van der Waals surface area contributed by atoms with Crippen LogP contribution in [-0.4, -0.2) is 232 Å². The number of rotatable bonds is 21. The number of nitrogens with zero attached hydrogens (tertiary/aromatic N) is 16. The Morgan fingerprint density at radius 3 is 1.35 bits per heavy atom. The van der Waals surface area contributed by atoms with Crippen LogP contribution in [0.15, 0.2) is 132 Å². The predicted octanol–water partition coefficient (Wildman–Crippen LogP) is 20.1. The molecule has 3 aliphatic heterocycles. The Morgan fingerprint density at radius 1 is 0.531 bits per heavy atom. The van der Waals surface area contributed by atoms with Crippen molar-refractivity contribution < 1.29 is 153 Å².